The molecule has 0 radical (unpaired) electrons. The predicted octanol–water partition coefficient (Wildman–Crippen LogP) is 4.82. The molecule has 35 heavy (non-hydrogen) atoms. The van der Waals surface area contributed by atoms with Gasteiger partial charge in [-0.3, -0.25) is 0 Å². The highest BCUT2D eigenvalue weighted by Crippen LogP contribution is 2.64. The number of para-hydroxylation sites is 1. The van der Waals surface area contributed by atoms with Crippen LogP contribution in [-0.4, -0.2) is 29.4 Å². The largest absolute Gasteiger partial charge is 0.573 e. The van der Waals surface area contributed by atoms with Crippen molar-refractivity contribution in [1.29, 1.82) is 5.26 Å². The fourth-order valence-electron chi connectivity index (χ4n) is 7.10. The number of benzene rings is 1. The third-order valence-electron chi connectivity index (χ3n) is 7.91. The molecule has 0 saturated heterocycles. The summed E-state index contributed by atoms with van der Waals surface area (Å²) in [6.45, 7) is 1.48. The van der Waals surface area contributed by atoms with Crippen molar-refractivity contribution in [2.24, 2.45) is 28.4 Å². The summed E-state index contributed by atoms with van der Waals surface area (Å²) in [5.74, 6) is 1.81. The fourth-order valence-corrected chi connectivity index (χ4v) is 7.10. The van der Waals surface area contributed by atoms with Gasteiger partial charge in [0.25, 0.3) is 0 Å². The lowest BCUT2D eigenvalue weighted by molar-refractivity contribution is -0.274. The number of aromatic nitrogens is 2. The van der Waals surface area contributed by atoms with E-state index in [1.807, 2.05) is 0 Å². The molecular weight excluding hydrogens is 457 g/mol. The van der Waals surface area contributed by atoms with Gasteiger partial charge in [-0.2, -0.15) is 10.2 Å². The average Bonchev–Trinajstić information content (AvgIpc) is 2.80. The number of rotatable bonds is 8. The highest BCUT2D eigenvalue weighted by molar-refractivity contribution is 5.53. The first-order valence-corrected chi connectivity index (χ1v) is 12.0. The fraction of sp³-hybridized carbons (Fsp3) is 0.560. The molecule has 4 N–H and O–H groups in total. The molecule has 4 fully saturated rings. The molecular formula is C25H29F3N6O. The van der Waals surface area contributed by atoms with Gasteiger partial charge in [0.1, 0.15) is 23.2 Å². The number of halogens is 3. The van der Waals surface area contributed by atoms with Gasteiger partial charge in [-0.15, -0.1) is 13.2 Å². The minimum Gasteiger partial charge on any atom is -0.405 e. The summed E-state index contributed by atoms with van der Waals surface area (Å²) in [6, 6.07) is 8.04. The Hall–Kier alpha value is -3.06. The van der Waals surface area contributed by atoms with Gasteiger partial charge >= 0.3 is 6.36 Å². The second-order valence-corrected chi connectivity index (χ2v) is 10.6. The minimum atomic E-state index is -4.78. The Bertz CT molecular complexity index is 1120. The number of nitrogens with two attached hydrogens (primary N) is 1. The van der Waals surface area contributed by atoms with Gasteiger partial charge in [-0.25, -0.2) is 4.98 Å². The van der Waals surface area contributed by atoms with E-state index < -0.39 is 6.36 Å². The van der Waals surface area contributed by atoms with Crippen LogP contribution in [0.2, 0.25) is 0 Å². The zero-order valence-corrected chi connectivity index (χ0v) is 19.4. The lowest BCUT2D eigenvalue weighted by Crippen LogP contribution is -2.56. The Labute approximate surface area is 202 Å². The molecule has 6 rings (SSSR count). The van der Waals surface area contributed by atoms with E-state index in [0.29, 0.717) is 16.9 Å². The molecule has 0 aliphatic heterocycles. The molecule has 0 amide bonds. The third-order valence-corrected chi connectivity index (χ3v) is 7.91. The molecule has 0 spiro atoms. The Morgan fingerprint density at radius 2 is 1.83 bits per heavy atom. The van der Waals surface area contributed by atoms with Crippen molar-refractivity contribution >= 4 is 11.8 Å². The lowest BCUT2D eigenvalue weighted by Gasteiger charge is -2.62. The maximum Gasteiger partial charge on any atom is 0.573 e. The first-order valence-electron chi connectivity index (χ1n) is 12.0. The third kappa shape index (κ3) is 5.01. The van der Waals surface area contributed by atoms with E-state index >= 15 is 0 Å². The predicted molar refractivity (Wildman–Crippen MR) is 124 cm³/mol. The van der Waals surface area contributed by atoms with Crippen molar-refractivity contribution in [3.05, 3.63) is 41.6 Å². The molecule has 4 aliphatic rings. The van der Waals surface area contributed by atoms with Crippen LogP contribution in [0.4, 0.5) is 24.9 Å². The molecule has 1 aromatic carbocycles. The van der Waals surface area contributed by atoms with Crippen molar-refractivity contribution in [2.45, 2.75) is 51.4 Å². The van der Waals surface area contributed by atoms with Crippen LogP contribution >= 0.6 is 0 Å². The number of nitrogens with zero attached hydrogens (tertiary/aromatic N) is 3. The van der Waals surface area contributed by atoms with E-state index in [-0.39, 0.29) is 29.1 Å². The molecule has 186 valence electrons. The van der Waals surface area contributed by atoms with Gasteiger partial charge in [0.05, 0.1) is 6.20 Å². The number of hydrogen-bond acceptors (Lipinski definition) is 7. The monoisotopic (exact) mass is 486 g/mol. The first-order chi connectivity index (χ1) is 16.7. The quantitative estimate of drug-likeness (QED) is 0.491. The normalized spacial score (nSPS) is 29.0. The van der Waals surface area contributed by atoms with Gasteiger partial charge < -0.3 is 21.1 Å². The average molecular weight is 487 g/mol. The highest BCUT2D eigenvalue weighted by atomic mass is 19.4. The van der Waals surface area contributed by atoms with Gasteiger partial charge in [0.2, 0.25) is 5.95 Å². The van der Waals surface area contributed by atoms with Crippen molar-refractivity contribution < 1.29 is 17.9 Å². The number of alkyl halides is 3. The number of nitriles is 1. The standard InChI is InChI=1S/C25H29F3N6O/c26-25(27,28)35-20-4-2-1-3-18(20)11-31-22-32-12-19(10-29)21(34-22)33-15-24-8-16-5-17(9-24)7-23(6-16,13-24)14-30/h1-4,12,16-17H,5-9,11,13-15,30H2,(H2,31,32,33,34)/t16-,17?,23+,24+/m0/s1. The number of hydrogen-bond donors (Lipinski definition) is 3. The minimum absolute atomic E-state index is 0.0317. The summed E-state index contributed by atoms with van der Waals surface area (Å²) >= 11 is 0. The van der Waals surface area contributed by atoms with Crippen LogP contribution in [0, 0.1) is 34.0 Å². The van der Waals surface area contributed by atoms with Gasteiger partial charge in [-0.05, 0) is 73.8 Å². The van der Waals surface area contributed by atoms with Crippen molar-refractivity contribution in [3.8, 4) is 11.8 Å². The lowest BCUT2D eigenvalue weighted by atomic mass is 9.44. The number of nitrogens with one attached hydrogen (secondary N) is 2. The Morgan fingerprint density at radius 1 is 1.11 bits per heavy atom. The van der Waals surface area contributed by atoms with Crippen LogP contribution in [0.3, 0.4) is 0 Å². The molecule has 1 aromatic heterocycles. The Morgan fingerprint density at radius 3 is 2.51 bits per heavy atom. The Kier molecular flexibility index (Phi) is 5.99. The van der Waals surface area contributed by atoms with Crippen LogP contribution in [0.25, 0.3) is 0 Å². The zero-order chi connectivity index (χ0) is 24.7. The molecule has 10 heteroatoms. The molecule has 7 nitrogen and oxygen atoms in total. The molecule has 1 unspecified atom stereocenters. The topological polar surface area (TPSA) is 109 Å². The molecule has 4 saturated carbocycles. The molecule has 4 aliphatic carbocycles. The summed E-state index contributed by atoms with van der Waals surface area (Å²) in [5, 5.41) is 15.9. The highest BCUT2D eigenvalue weighted by Gasteiger charge is 2.56. The van der Waals surface area contributed by atoms with Crippen molar-refractivity contribution in [2.75, 3.05) is 23.7 Å². The van der Waals surface area contributed by atoms with E-state index in [1.165, 1.54) is 56.5 Å². The molecule has 1 heterocycles. The maximum absolute atomic E-state index is 12.7. The summed E-state index contributed by atoms with van der Waals surface area (Å²) in [7, 11) is 0. The van der Waals surface area contributed by atoms with Gasteiger partial charge in [0.15, 0.2) is 0 Å². The molecule has 4 bridgehead atoms. The summed E-state index contributed by atoms with van der Waals surface area (Å²) < 4.78 is 42.2. The van der Waals surface area contributed by atoms with E-state index in [4.69, 9.17) is 5.73 Å². The second-order valence-electron chi connectivity index (χ2n) is 10.6. The van der Waals surface area contributed by atoms with Crippen LogP contribution < -0.4 is 21.1 Å². The molecule has 4 atom stereocenters. The van der Waals surface area contributed by atoms with Gasteiger partial charge in [0, 0.05) is 18.7 Å². The van der Waals surface area contributed by atoms with Crippen LogP contribution in [0.5, 0.6) is 5.75 Å². The summed E-state index contributed by atoms with van der Waals surface area (Å²) in [5.41, 5.74) is 7.26. The SMILES string of the molecule is N#Cc1cnc(NCc2ccccc2OC(F)(F)F)nc1NC[C@]12CC3C[C@@H](C[C@@](CN)(C3)C1)C2. The van der Waals surface area contributed by atoms with Crippen molar-refractivity contribution in [3.63, 3.8) is 0 Å². The smallest absolute Gasteiger partial charge is 0.405 e. The van der Waals surface area contributed by atoms with Crippen LogP contribution in [0.1, 0.15) is 49.7 Å². The Balaban J connectivity index is 1.29. The van der Waals surface area contributed by atoms with Crippen LogP contribution in [-0.2, 0) is 6.54 Å². The van der Waals surface area contributed by atoms with E-state index in [0.717, 1.165) is 31.3 Å². The second kappa shape index (κ2) is 8.86. The summed E-state index contributed by atoms with van der Waals surface area (Å²) in [6.07, 6.45) is 3.85. The van der Waals surface area contributed by atoms with Crippen LogP contribution in [0.15, 0.2) is 30.5 Å². The molecule has 2 aromatic rings. The van der Waals surface area contributed by atoms with Crippen molar-refractivity contribution in [1.82, 2.24) is 9.97 Å². The number of ether oxygens (including phenoxy) is 1. The van der Waals surface area contributed by atoms with E-state index in [2.05, 4.69) is 31.4 Å². The van der Waals surface area contributed by atoms with E-state index in [9.17, 15) is 18.4 Å². The maximum atomic E-state index is 12.7. The van der Waals surface area contributed by atoms with E-state index in [1.54, 1.807) is 6.07 Å². The number of anilines is 2. The first kappa shape index (κ1) is 23.7. The summed E-state index contributed by atoms with van der Waals surface area (Å²) in [4.78, 5) is 8.64. The zero-order valence-electron chi connectivity index (χ0n) is 19.4. The van der Waals surface area contributed by atoms with Gasteiger partial charge in [-0.1, -0.05) is 18.2 Å².